The quantitative estimate of drug-likeness (QED) is 0.394. The van der Waals surface area contributed by atoms with E-state index in [-0.39, 0.29) is 0 Å². The van der Waals surface area contributed by atoms with Crippen LogP contribution in [0.25, 0.3) is 0 Å². The summed E-state index contributed by atoms with van der Waals surface area (Å²) in [4.78, 5) is 0. The van der Waals surface area contributed by atoms with Crippen LogP contribution in [-0.2, 0) is 4.18 Å². The van der Waals surface area contributed by atoms with E-state index in [4.69, 9.17) is 0 Å². The smallest absolute Gasteiger partial charge is 0.0616 e. The summed E-state index contributed by atoms with van der Waals surface area (Å²) in [5, 5.41) is 0. The topological polar surface area (TPSA) is 9.23 Å². The summed E-state index contributed by atoms with van der Waals surface area (Å²) in [5.41, 5.74) is 0. The van der Waals surface area contributed by atoms with Gasteiger partial charge in [0.25, 0.3) is 0 Å². The van der Waals surface area contributed by atoms with E-state index in [0.29, 0.717) is 0 Å². The molecule has 0 aromatic rings. The molecule has 0 N–H and O–H groups in total. The number of hydrogen-bond acceptors (Lipinski definition) is 3. The maximum atomic E-state index is 4.57. The highest BCUT2D eigenvalue weighted by atomic mass is 33.1. The predicted octanol–water partition coefficient (Wildman–Crippen LogP) is 1.56. The Hall–Kier alpha value is 0.660. The predicted molar refractivity (Wildman–Crippen MR) is 28.1 cm³/mol. The molecule has 0 radical (unpaired) electrons. The molecular formula is C2H6OS2. The van der Waals surface area contributed by atoms with Gasteiger partial charge < -0.3 is 4.18 Å². The lowest BCUT2D eigenvalue weighted by atomic mass is 11.8. The minimum atomic E-state index is 1.38. The van der Waals surface area contributed by atoms with Crippen LogP contribution in [0.4, 0.5) is 0 Å². The standard InChI is InChI=1S/C2H6OS2/c1-3-5-4-2/h1-2H3. The molecule has 0 unspecified atom stereocenters. The molecule has 0 amide bonds. The van der Waals surface area contributed by atoms with Crippen LogP contribution in [0.15, 0.2) is 0 Å². The van der Waals surface area contributed by atoms with E-state index in [1.54, 1.807) is 17.9 Å². The summed E-state index contributed by atoms with van der Waals surface area (Å²) >= 11 is 1.38. The first-order valence-corrected chi connectivity index (χ1v) is 3.63. The second-order valence-corrected chi connectivity index (χ2v) is 2.61. The Morgan fingerprint density at radius 1 is 1.60 bits per heavy atom. The van der Waals surface area contributed by atoms with Crippen LogP contribution in [0, 0.1) is 0 Å². The van der Waals surface area contributed by atoms with Crippen LogP contribution in [-0.4, -0.2) is 13.4 Å². The zero-order chi connectivity index (χ0) is 4.12. The van der Waals surface area contributed by atoms with Crippen molar-refractivity contribution in [3.8, 4) is 0 Å². The van der Waals surface area contributed by atoms with Crippen molar-refractivity contribution in [3.63, 3.8) is 0 Å². The minimum absolute atomic E-state index is 1.38. The van der Waals surface area contributed by atoms with Crippen molar-refractivity contribution >= 4 is 21.9 Å². The average Bonchev–Trinajstić information content (AvgIpc) is 1.41. The zero-order valence-electron chi connectivity index (χ0n) is 3.22. The fourth-order valence-corrected chi connectivity index (χ4v) is 0.612. The molecule has 0 saturated carbocycles. The Bertz CT molecular complexity index is 15.1. The Balaban J connectivity index is 2.19. The van der Waals surface area contributed by atoms with Gasteiger partial charge in [-0.1, -0.05) is 10.8 Å². The zero-order valence-corrected chi connectivity index (χ0v) is 4.86. The fourth-order valence-electron chi connectivity index (χ4n) is 0.0680. The van der Waals surface area contributed by atoms with Gasteiger partial charge >= 0.3 is 0 Å². The normalized spacial score (nSPS) is 8.40. The summed E-state index contributed by atoms with van der Waals surface area (Å²) in [7, 11) is 3.25. The molecule has 0 saturated heterocycles. The highest BCUT2D eigenvalue weighted by molar-refractivity contribution is 8.74. The van der Waals surface area contributed by atoms with E-state index in [1.165, 1.54) is 11.1 Å². The molecule has 0 atom stereocenters. The van der Waals surface area contributed by atoms with E-state index in [0.717, 1.165) is 0 Å². The van der Waals surface area contributed by atoms with Crippen LogP contribution in [0.1, 0.15) is 0 Å². The van der Waals surface area contributed by atoms with Gasteiger partial charge in [-0.25, -0.2) is 0 Å². The molecule has 0 aliphatic heterocycles. The molecule has 0 aromatic heterocycles. The Morgan fingerprint density at radius 2 is 2.20 bits per heavy atom. The summed E-state index contributed by atoms with van der Waals surface area (Å²) in [5.74, 6) is 0. The molecule has 0 heterocycles. The van der Waals surface area contributed by atoms with Crippen molar-refractivity contribution in [1.82, 2.24) is 0 Å². The molecule has 0 aliphatic carbocycles. The molecule has 0 spiro atoms. The van der Waals surface area contributed by atoms with E-state index in [2.05, 4.69) is 4.18 Å². The van der Waals surface area contributed by atoms with Gasteiger partial charge in [-0.15, -0.1) is 0 Å². The first kappa shape index (κ1) is 5.66. The molecule has 3 heteroatoms. The Morgan fingerprint density at radius 3 is 2.20 bits per heavy atom. The van der Waals surface area contributed by atoms with Crippen LogP contribution >= 0.6 is 21.9 Å². The molecule has 0 fully saturated rings. The number of hydrogen-bond donors (Lipinski definition) is 0. The highest BCUT2D eigenvalue weighted by Crippen LogP contribution is 2.14. The monoisotopic (exact) mass is 110 g/mol. The van der Waals surface area contributed by atoms with Gasteiger partial charge in [-0.2, -0.15) is 0 Å². The Kier molecular flexibility index (Phi) is 5.28. The van der Waals surface area contributed by atoms with Gasteiger partial charge in [0.1, 0.15) is 0 Å². The van der Waals surface area contributed by atoms with Crippen molar-refractivity contribution in [3.05, 3.63) is 0 Å². The minimum Gasteiger partial charge on any atom is -0.308 e. The van der Waals surface area contributed by atoms with Gasteiger partial charge in [-0.3, -0.25) is 0 Å². The third-order valence-electron chi connectivity index (χ3n) is 0.136. The van der Waals surface area contributed by atoms with Crippen LogP contribution < -0.4 is 0 Å². The van der Waals surface area contributed by atoms with Gasteiger partial charge in [-0.05, 0) is 6.26 Å². The van der Waals surface area contributed by atoms with Crippen LogP contribution in [0.3, 0.4) is 0 Å². The van der Waals surface area contributed by atoms with E-state index >= 15 is 0 Å². The van der Waals surface area contributed by atoms with Crippen molar-refractivity contribution < 1.29 is 4.18 Å². The van der Waals surface area contributed by atoms with E-state index < -0.39 is 0 Å². The largest absolute Gasteiger partial charge is 0.308 e. The molecule has 0 bridgehead atoms. The van der Waals surface area contributed by atoms with Crippen molar-refractivity contribution in [2.45, 2.75) is 0 Å². The molecule has 0 rings (SSSR count). The van der Waals surface area contributed by atoms with Crippen LogP contribution in [0.2, 0.25) is 0 Å². The summed E-state index contributed by atoms with van der Waals surface area (Å²) in [6.07, 6.45) is 1.97. The van der Waals surface area contributed by atoms with E-state index in [9.17, 15) is 0 Å². The fraction of sp³-hybridized carbons (Fsp3) is 1.00. The van der Waals surface area contributed by atoms with Gasteiger partial charge in [0.2, 0.25) is 0 Å². The van der Waals surface area contributed by atoms with Crippen molar-refractivity contribution in [1.29, 1.82) is 0 Å². The Labute approximate surface area is 40.1 Å². The maximum absolute atomic E-state index is 4.57. The summed E-state index contributed by atoms with van der Waals surface area (Å²) < 4.78 is 4.57. The first-order chi connectivity index (χ1) is 2.41. The van der Waals surface area contributed by atoms with Crippen molar-refractivity contribution in [2.24, 2.45) is 0 Å². The second kappa shape index (κ2) is 4.66. The maximum Gasteiger partial charge on any atom is 0.0616 e. The van der Waals surface area contributed by atoms with Crippen LogP contribution in [0.5, 0.6) is 0 Å². The molecular weight excluding hydrogens is 104 g/mol. The summed E-state index contributed by atoms with van der Waals surface area (Å²) in [6.45, 7) is 0. The van der Waals surface area contributed by atoms with E-state index in [1.807, 2.05) is 6.26 Å². The second-order valence-electron chi connectivity index (χ2n) is 0.401. The van der Waals surface area contributed by atoms with Gasteiger partial charge in [0.15, 0.2) is 0 Å². The highest BCUT2D eigenvalue weighted by Gasteiger charge is 1.67. The molecule has 1 nitrogen and oxygen atoms in total. The van der Waals surface area contributed by atoms with Crippen molar-refractivity contribution in [2.75, 3.05) is 13.4 Å². The molecule has 0 aromatic carbocycles. The SMILES string of the molecule is COSSC. The lowest BCUT2D eigenvalue weighted by Gasteiger charge is -1.81. The third kappa shape index (κ3) is 4.66. The molecule has 0 aliphatic rings. The van der Waals surface area contributed by atoms with Gasteiger partial charge in [0.05, 0.1) is 18.2 Å². The lowest BCUT2D eigenvalue weighted by molar-refractivity contribution is 0.498. The lowest BCUT2D eigenvalue weighted by Crippen LogP contribution is -1.52. The van der Waals surface area contributed by atoms with Gasteiger partial charge in [0, 0.05) is 0 Å². The average molecular weight is 110 g/mol. The first-order valence-electron chi connectivity index (χ1n) is 1.15. The number of rotatable bonds is 2. The molecule has 32 valence electrons. The summed E-state index contributed by atoms with van der Waals surface area (Å²) in [6, 6.07) is 0. The third-order valence-corrected chi connectivity index (χ3v) is 1.22. The molecule has 5 heavy (non-hydrogen) atoms.